The zero-order valence-electron chi connectivity index (χ0n) is 8.81. The number of nitrogens with two attached hydrogens (primary N) is 1. The molecule has 2 unspecified atom stereocenters. The van der Waals surface area contributed by atoms with Crippen molar-refractivity contribution in [1.82, 2.24) is 4.98 Å². The van der Waals surface area contributed by atoms with Crippen LogP contribution in [-0.4, -0.2) is 17.7 Å². The van der Waals surface area contributed by atoms with Crippen molar-refractivity contribution in [1.29, 1.82) is 0 Å². The summed E-state index contributed by atoms with van der Waals surface area (Å²) < 4.78 is 5.55. The fourth-order valence-corrected chi connectivity index (χ4v) is 1.48. The van der Waals surface area contributed by atoms with E-state index >= 15 is 0 Å². The van der Waals surface area contributed by atoms with E-state index in [-0.39, 0.29) is 12.1 Å². The van der Waals surface area contributed by atoms with Gasteiger partial charge >= 0.3 is 0 Å². The Kier molecular flexibility index (Phi) is 4.56. The van der Waals surface area contributed by atoms with Crippen LogP contribution in [0.25, 0.3) is 0 Å². The van der Waals surface area contributed by atoms with Gasteiger partial charge < -0.3 is 10.5 Å². The van der Waals surface area contributed by atoms with Crippen LogP contribution in [0.2, 0.25) is 0 Å². The molecule has 1 aromatic rings. The minimum Gasteiger partial charge on any atom is -0.377 e. The zero-order valence-corrected chi connectivity index (χ0v) is 8.81. The van der Waals surface area contributed by atoms with Crippen molar-refractivity contribution in [2.24, 2.45) is 5.73 Å². The molecule has 0 aliphatic heterocycles. The highest BCUT2D eigenvalue weighted by Crippen LogP contribution is 2.17. The Morgan fingerprint density at radius 3 is 2.79 bits per heavy atom. The molecule has 0 aromatic carbocycles. The van der Waals surface area contributed by atoms with Gasteiger partial charge in [0.2, 0.25) is 0 Å². The molecule has 1 heterocycles. The first-order valence-corrected chi connectivity index (χ1v) is 5.06. The molecule has 0 saturated heterocycles. The Balaban J connectivity index is 2.67. The zero-order chi connectivity index (χ0) is 10.4. The van der Waals surface area contributed by atoms with Gasteiger partial charge in [-0.3, -0.25) is 4.98 Å². The molecule has 0 radical (unpaired) electrons. The van der Waals surface area contributed by atoms with E-state index in [0.29, 0.717) is 6.61 Å². The number of rotatable bonds is 5. The molecule has 3 nitrogen and oxygen atoms in total. The molecular weight excluding hydrogens is 176 g/mol. The van der Waals surface area contributed by atoms with Crippen LogP contribution in [0.5, 0.6) is 0 Å². The molecule has 2 atom stereocenters. The van der Waals surface area contributed by atoms with Gasteiger partial charge in [-0.1, -0.05) is 13.0 Å². The van der Waals surface area contributed by atoms with Crippen molar-refractivity contribution < 1.29 is 4.74 Å². The highest BCUT2D eigenvalue weighted by atomic mass is 16.5. The summed E-state index contributed by atoms with van der Waals surface area (Å²) in [5.74, 6) is 0. The Morgan fingerprint density at radius 1 is 1.50 bits per heavy atom. The molecule has 0 aliphatic rings. The van der Waals surface area contributed by atoms with Crippen LogP contribution in [0.3, 0.4) is 0 Å². The molecule has 2 N–H and O–H groups in total. The van der Waals surface area contributed by atoms with Crippen molar-refractivity contribution in [3.8, 4) is 0 Å². The maximum atomic E-state index is 6.07. The summed E-state index contributed by atoms with van der Waals surface area (Å²) >= 11 is 0. The fourth-order valence-electron chi connectivity index (χ4n) is 1.48. The minimum absolute atomic E-state index is 0.0753. The van der Waals surface area contributed by atoms with Gasteiger partial charge in [0.05, 0.1) is 12.1 Å². The van der Waals surface area contributed by atoms with E-state index in [1.807, 2.05) is 19.1 Å². The smallest absolute Gasteiger partial charge is 0.0765 e. The van der Waals surface area contributed by atoms with Crippen LogP contribution < -0.4 is 5.73 Å². The second kappa shape index (κ2) is 5.73. The van der Waals surface area contributed by atoms with Crippen LogP contribution in [0.1, 0.15) is 31.9 Å². The van der Waals surface area contributed by atoms with Crippen LogP contribution in [0.4, 0.5) is 0 Å². The Bertz CT molecular complexity index is 251. The summed E-state index contributed by atoms with van der Waals surface area (Å²) in [6.07, 6.45) is 4.55. The van der Waals surface area contributed by atoms with Gasteiger partial charge in [0.25, 0.3) is 0 Å². The first-order valence-electron chi connectivity index (χ1n) is 5.06. The van der Waals surface area contributed by atoms with Crippen molar-refractivity contribution in [2.45, 2.75) is 32.4 Å². The fraction of sp³-hybridized carbons (Fsp3) is 0.545. The summed E-state index contributed by atoms with van der Waals surface area (Å²) in [6.45, 7) is 4.77. The standard InChI is InChI=1S/C11H18N2O/c1-3-10(14-4-2)11(12)9-6-5-7-13-8-9/h5-8,10-11H,3-4,12H2,1-2H3. The minimum atomic E-state index is -0.0753. The number of hydrogen-bond acceptors (Lipinski definition) is 3. The maximum Gasteiger partial charge on any atom is 0.0765 e. The third kappa shape index (κ3) is 2.79. The van der Waals surface area contributed by atoms with Crippen LogP contribution in [-0.2, 0) is 4.74 Å². The molecule has 3 heteroatoms. The van der Waals surface area contributed by atoms with E-state index in [1.165, 1.54) is 0 Å². The Labute approximate surface area is 85.3 Å². The van der Waals surface area contributed by atoms with Crippen LogP contribution in [0, 0.1) is 0 Å². The van der Waals surface area contributed by atoms with Gasteiger partial charge in [-0.2, -0.15) is 0 Å². The molecule has 0 amide bonds. The maximum absolute atomic E-state index is 6.07. The average molecular weight is 194 g/mol. The molecule has 1 rings (SSSR count). The quantitative estimate of drug-likeness (QED) is 0.778. The van der Waals surface area contributed by atoms with Gasteiger partial charge in [0.1, 0.15) is 0 Å². The van der Waals surface area contributed by atoms with E-state index in [0.717, 1.165) is 12.0 Å². The average Bonchev–Trinajstić information content (AvgIpc) is 2.26. The van der Waals surface area contributed by atoms with Gasteiger partial charge in [-0.05, 0) is 25.0 Å². The molecule has 1 aromatic heterocycles. The lowest BCUT2D eigenvalue weighted by atomic mass is 10.0. The predicted octanol–water partition coefficient (Wildman–Crippen LogP) is 1.90. The Morgan fingerprint density at radius 2 is 2.29 bits per heavy atom. The number of pyridine rings is 1. The second-order valence-corrected chi connectivity index (χ2v) is 3.21. The van der Waals surface area contributed by atoms with E-state index in [9.17, 15) is 0 Å². The molecule has 0 bridgehead atoms. The first kappa shape index (κ1) is 11.1. The molecule has 0 aliphatic carbocycles. The van der Waals surface area contributed by atoms with Gasteiger partial charge in [0.15, 0.2) is 0 Å². The van der Waals surface area contributed by atoms with E-state index < -0.39 is 0 Å². The molecule has 14 heavy (non-hydrogen) atoms. The Hall–Kier alpha value is -0.930. The molecule has 0 fully saturated rings. The highest BCUT2D eigenvalue weighted by Gasteiger charge is 2.17. The number of nitrogens with zero attached hydrogens (tertiary/aromatic N) is 1. The van der Waals surface area contributed by atoms with Gasteiger partial charge in [-0.25, -0.2) is 0 Å². The van der Waals surface area contributed by atoms with E-state index in [1.54, 1.807) is 12.4 Å². The summed E-state index contributed by atoms with van der Waals surface area (Å²) in [5.41, 5.74) is 7.11. The van der Waals surface area contributed by atoms with E-state index in [4.69, 9.17) is 10.5 Å². The summed E-state index contributed by atoms with van der Waals surface area (Å²) in [7, 11) is 0. The summed E-state index contributed by atoms with van der Waals surface area (Å²) in [4.78, 5) is 4.05. The largest absolute Gasteiger partial charge is 0.377 e. The normalized spacial score (nSPS) is 15.1. The topological polar surface area (TPSA) is 48.1 Å². The number of aromatic nitrogens is 1. The summed E-state index contributed by atoms with van der Waals surface area (Å²) in [6, 6.07) is 3.81. The lowest BCUT2D eigenvalue weighted by Gasteiger charge is -2.22. The van der Waals surface area contributed by atoms with E-state index in [2.05, 4.69) is 11.9 Å². The highest BCUT2D eigenvalue weighted by molar-refractivity contribution is 5.14. The van der Waals surface area contributed by atoms with Crippen LogP contribution >= 0.6 is 0 Å². The molecule has 0 spiro atoms. The first-order chi connectivity index (χ1) is 6.79. The van der Waals surface area contributed by atoms with Crippen molar-refractivity contribution in [3.63, 3.8) is 0 Å². The SMILES string of the molecule is CCOC(CC)C(N)c1cccnc1. The molecular formula is C11H18N2O. The number of hydrogen-bond donors (Lipinski definition) is 1. The molecule has 78 valence electrons. The lowest BCUT2D eigenvalue weighted by Crippen LogP contribution is -2.28. The molecule has 0 saturated carbocycles. The second-order valence-electron chi connectivity index (χ2n) is 3.21. The van der Waals surface area contributed by atoms with Gasteiger partial charge in [-0.15, -0.1) is 0 Å². The predicted molar refractivity (Wildman–Crippen MR) is 56.9 cm³/mol. The van der Waals surface area contributed by atoms with Crippen molar-refractivity contribution in [2.75, 3.05) is 6.61 Å². The summed E-state index contributed by atoms with van der Waals surface area (Å²) in [5, 5.41) is 0. The number of ether oxygens (including phenoxy) is 1. The lowest BCUT2D eigenvalue weighted by molar-refractivity contribution is 0.0413. The van der Waals surface area contributed by atoms with Crippen molar-refractivity contribution >= 4 is 0 Å². The third-order valence-electron chi connectivity index (χ3n) is 2.25. The van der Waals surface area contributed by atoms with Crippen molar-refractivity contribution in [3.05, 3.63) is 30.1 Å². The monoisotopic (exact) mass is 194 g/mol. The van der Waals surface area contributed by atoms with Crippen LogP contribution in [0.15, 0.2) is 24.5 Å². The third-order valence-corrected chi connectivity index (χ3v) is 2.25. The van der Waals surface area contributed by atoms with Gasteiger partial charge in [0, 0.05) is 19.0 Å².